The van der Waals surface area contributed by atoms with Gasteiger partial charge in [0, 0.05) is 11.4 Å². The van der Waals surface area contributed by atoms with E-state index in [4.69, 9.17) is 5.26 Å². The lowest BCUT2D eigenvalue weighted by Gasteiger charge is -2.10. The quantitative estimate of drug-likeness (QED) is 0.835. The van der Waals surface area contributed by atoms with E-state index in [-0.39, 0.29) is 0 Å². The second-order valence-corrected chi connectivity index (χ2v) is 4.85. The summed E-state index contributed by atoms with van der Waals surface area (Å²) >= 11 is 0. The van der Waals surface area contributed by atoms with Gasteiger partial charge in [-0.15, -0.1) is 0 Å². The fourth-order valence-electron chi connectivity index (χ4n) is 1.92. The number of hydrogen-bond acceptors (Lipinski definition) is 3. The molecule has 0 heterocycles. The molecule has 5 nitrogen and oxygen atoms in total. The number of carbonyl (C=O) groups is 2. The molecular weight excluding hydrogens is 278 g/mol. The molecule has 0 saturated carbocycles. The monoisotopic (exact) mass is 293 g/mol. The molecule has 0 radical (unpaired) electrons. The van der Waals surface area contributed by atoms with Gasteiger partial charge in [0.25, 0.3) is 0 Å². The molecule has 0 aliphatic rings. The molecule has 2 aromatic carbocycles. The predicted octanol–water partition coefficient (Wildman–Crippen LogP) is 2.75. The summed E-state index contributed by atoms with van der Waals surface area (Å²) in [5, 5.41) is 13.9. The van der Waals surface area contributed by atoms with Crippen LogP contribution in [-0.2, 0) is 9.59 Å². The molecule has 0 aliphatic heterocycles. The third-order valence-corrected chi connectivity index (χ3v) is 3.31. The molecule has 22 heavy (non-hydrogen) atoms. The van der Waals surface area contributed by atoms with Crippen molar-refractivity contribution in [1.82, 2.24) is 0 Å². The van der Waals surface area contributed by atoms with Crippen molar-refractivity contribution >= 4 is 23.2 Å². The van der Waals surface area contributed by atoms with Gasteiger partial charge >= 0.3 is 11.8 Å². The number of rotatable bonds is 2. The number of benzene rings is 2. The van der Waals surface area contributed by atoms with E-state index in [9.17, 15) is 9.59 Å². The van der Waals surface area contributed by atoms with Crippen LogP contribution in [0.15, 0.2) is 42.5 Å². The Morgan fingerprint density at radius 1 is 1.00 bits per heavy atom. The summed E-state index contributed by atoms with van der Waals surface area (Å²) in [4.78, 5) is 23.9. The van der Waals surface area contributed by atoms with Gasteiger partial charge < -0.3 is 10.6 Å². The van der Waals surface area contributed by atoms with Crippen LogP contribution >= 0.6 is 0 Å². The molecule has 110 valence electrons. The molecule has 2 aromatic rings. The average Bonchev–Trinajstić information content (AvgIpc) is 2.52. The van der Waals surface area contributed by atoms with E-state index in [1.807, 2.05) is 32.0 Å². The van der Waals surface area contributed by atoms with E-state index in [1.165, 1.54) is 6.07 Å². The smallest absolute Gasteiger partial charge is 0.314 e. The van der Waals surface area contributed by atoms with Crippen LogP contribution in [0.4, 0.5) is 11.4 Å². The zero-order valence-electron chi connectivity index (χ0n) is 12.3. The van der Waals surface area contributed by atoms with Gasteiger partial charge in [-0.3, -0.25) is 9.59 Å². The zero-order chi connectivity index (χ0) is 16.1. The Labute approximate surface area is 128 Å². The molecular formula is C17H15N3O2. The number of anilines is 2. The van der Waals surface area contributed by atoms with Gasteiger partial charge in [-0.1, -0.05) is 18.2 Å². The third kappa shape index (κ3) is 3.49. The highest BCUT2D eigenvalue weighted by molar-refractivity contribution is 6.43. The van der Waals surface area contributed by atoms with Crippen molar-refractivity contribution in [2.45, 2.75) is 13.8 Å². The maximum Gasteiger partial charge on any atom is 0.314 e. The van der Waals surface area contributed by atoms with Crippen LogP contribution in [0.5, 0.6) is 0 Å². The molecule has 0 saturated heterocycles. The Kier molecular flexibility index (Phi) is 4.54. The first kappa shape index (κ1) is 15.3. The SMILES string of the molecule is Cc1cccc(NC(=O)C(=O)Nc2cccc(C#N)c2)c1C. The van der Waals surface area contributed by atoms with E-state index in [0.717, 1.165) is 11.1 Å². The molecule has 0 unspecified atom stereocenters. The topological polar surface area (TPSA) is 82.0 Å². The Morgan fingerprint density at radius 2 is 1.68 bits per heavy atom. The predicted molar refractivity (Wildman–Crippen MR) is 84.3 cm³/mol. The fraction of sp³-hybridized carbons (Fsp3) is 0.118. The van der Waals surface area contributed by atoms with Crippen molar-refractivity contribution in [1.29, 1.82) is 5.26 Å². The Balaban J connectivity index is 2.08. The molecule has 0 aliphatic carbocycles. The Bertz CT molecular complexity index is 776. The molecule has 0 spiro atoms. The van der Waals surface area contributed by atoms with E-state index in [0.29, 0.717) is 16.9 Å². The van der Waals surface area contributed by atoms with Crippen molar-refractivity contribution in [2.24, 2.45) is 0 Å². The maximum absolute atomic E-state index is 11.9. The van der Waals surface area contributed by atoms with Crippen LogP contribution in [0.3, 0.4) is 0 Å². The van der Waals surface area contributed by atoms with E-state index in [1.54, 1.807) is 24.3 Å². The van der Waals surface area contributed by atoms with Gasteiger partial charge in [-0.25, -0.2) is 0 Å². The van der Waals surface area contributed by atoms with Gasteiger partial charge in [0.1, 0.15) is 0 Å². The first-order valence-corrected chi connectivity index (χ1v) is 6.70. The fourth-order valence-corrected chi connectivity index (χ4v) is 1.92. The number of amides is 2. The number of nitrogens with zero attached hydrogens (tertiary/aromatic N) is 1. The van der Waals surface area contributed by atoms with E-state index >= 15 is 0 Å². The molecule has 5 heteroatoms. The number of hydrogen-bond donors (Lipinski definition) is 2. The Morgan fingerprint density at radius 3 is 2.41 bits per heavy atom. The Hall–Kier alpha value is -3.13. The highest BCUT2D eigenvalue weighted by atomic mass is 16.2. The first-order valence-electron chi connectivity index (χ1n) is 6.70. The number of nitrogens with one attached hydrogen (secondary N) is 2. The van der Waals surface area contributed by atoms with Crippen molar-refractivity contribution < 1.29 is 9.59 Å². The van der Waals surface area contributed by atoms with Crippen LogP contribution in [0.1, 0.15) is 16.7 Å². The molecule has 2 amide bonds. The van der Waals surface area contributed by atoms with Crippen LogP contribution in [0, 0.1) is 25.2 Å². The molecule has 2 N–H and O–H groups in total. The molecule has 0 atom stereocenters. The minimum absolute atomic E-state index is 0.403. The summed E-state index contributed by atoms with van der Waals surface area (Å²) in [6.45, 7) is 3.80. The molecule has 2 rings (SSSR count). The summed E-state index contributed by atoms with van der Waals surface area (Å²) < 4.78 is 0. The van der Waals surface area contributed by atoms with Gasteiger partial charge in [0.05, 0.1) is 11.6 Å². The number of aryl methyl sites for hydroxylation is 1. The highest BCUT2D eigenvalue weighted by Crippen LogP contribution is 2.18. The van der Waals surface area contributed by atoms with Crippen LogP contribution < -0.4 is 10.6 Å². The molecule has 0 aromatic heterocycles. The molecule has 0 fully saturated rings. The average molecular weight is 293 g/mol. The lowest BCUT2D eigenvalue weighted by molar-refractivity contribution is -0.133. The lowest BCUT2D eigenvalue weighted by Crippen LogP contribution is -2.29. The van der Waals surface area contributed by atoms with Crippen molar-refractivity contribution in [3.8, 4) is 6.07 Å². The van der Waals surface area contributed by atoms with Crippen molar-refractivity contribution in [3.63, 3.8) is 0 Å². The summed E-state index contributed by atoms with van der Waals surface area (Å²) in [6.07, 6.45) is 0. The largest absolute Gasteiger partial charge is 0.318 e. The number of nitriles is 1. The molecule has 0 bridgehead atoms. The first-order chi connectivity index (χ1) is 10.5. The normalized spacial score (nSPS) is 9.68. The van der Waals surface area contributed by atoms with Crippen LogP contribution in [-0.4, -0.2) is 11.8 Å². The van der Waals surface area contributed by atoms with E-state index < -0.39 is 11.8 Å². The van der Waals surface area contributed by atoms with Gasteiger partial charge in [0.2, 0.25) is 0 Å². The zero-order valence-corrected chi connectivity index (χ0v) is 12.3. The minimum Gasteiger partial charge on any atom is -0.318 e. The van der Waals surface area contributed by atoms with Gasteiger partial charge in [0.15, 0.2) is 0 Å². The third-order valence-electron chi connectivity index (χ3n) is 3.31. The second-order valence-electron chi connectivity index (χ2n) is 4.85. The summed E-state index contributed by atoms with van der Waals surface area (Å²) in [6, 6.07) is 13.8. The van der Waals surface area contributed by atoms with Crippen LogP contribution in [0.2, 0.25) is 0 Å². The second kappa shape index (κ2) is 6.55. The lowest BCUT2D eigenvalue weighted by atomic mass is 10.1. The summed E-state index contributed by atoms with van der Waals surface area (Å²) in [5.41, 5.74) is 3.36. The van der Waals surface area contributed by atoms with Crippen molar-refractivity contribution in [3.05, 3.63) is 59.2 Å². The minimum atomic E-state index is -0.781. The summed E-state index contributed by atoms with van der Waals surface area (Å²) in [7, 11) is 0. The standard InChI is InChI=1S/C17H15N3O2/c1-11-5-3-8-15(12(11)2)20-17(22)16(21)19-14-7-4-6-13(9-14)10-18/h3-9H,1-2H3,(H,19,21)(H,20,22). The van der Waals surface area contributed by atoms with Gasteiger partial charge in [-0.2, -0.15) is 5.26 Å². The number of carbonyl (C=O) groups excluding carboxylic acids is 2. The van der Waals surface area contributed by atoms with Crippen molar-refractivity contribution in [2.75, 3.05) is 10.6 Å². The van der Waals surface area contributed by atoms with Gasteiger partial charge in [-0.05, 0) is 49.2 Å². The highest BCUT2D eigenvalue weighted by Gasteiger charge is 2.15. The van der Waals surface area contributed by atoms with Crippen LogP contribution in [0.25, 0.3) is 0 Å². The van der Waals surface area contributed by atoms with E-state index in [2.05, 4.69) is 10.6 Å². The summed E-state index contributed by atoms with van der Waals surface area (Å²) in [5.74, 6) is -1.54. The maximum atomic E-state index is 11.9.